The largest absolute Gasteiger partial charge is 0.439 e. The smallest absolute Gasteiger partial charge is 0.272 e. The van der Waals surface area contributed by atoms with Gasteiger partial charge in [-0.15, -0.1) is 0 Å². The Labute approximate surface area is 204 Å². The van der Waals surface area contributed by atoms with Crippen molar-refractivity contribution in [1.82, 2.24) is 24.6 Å². The molecule has 0 radical (unpaired) electrons. The van der Waals surface area contributed by atoms with Crippen molar-refractivity contribution in [2.45, 2.75) is 38.1 Å². The van der Waals surface area contributed by atoms with Gasteiger partial charge in [-0.05, 0) is 73.2 Å². The lowest BCUT2D eigenvalue weighted by Crippen LogP contribution is -2.41. The highest BCUT2D eigenvalue weighted by molar-refractivity contribution is 5.57. The van der Waals surface area contributed by atoms with E-state index in [0.29, 0.717) is 17.4 Å². The Kier molecular flexibility index (Phi) is 5.84. The summed E-state index contributed by atoms with van der Waals surface area (Å²) in [6.45, 7) is 2.28. The fourth-order valence-corrected chi connectivity index (χ4v) is 4.82. The summed E-state index contributed by atoms with van der Waals surface area (Å²) >= 11 is 0. The number of hydrogen-bond donors (Lipinski definition) is 0. The molecule has 35 heavy (non-hydrogen) atoms. The highest BCUT2D eigenvalue weighted by Crippen LogP contribution is 2.30. The molecular formula is C28H27N5O2. The summed E-state index contributed by atoms with van der Waals surface area (Å²) < 4.78 is 7.38. The van der Waals surface area contributed by atoms with E-state index in [1.165, 1.54) is 41.1 Å². The fraction of sp³-hybridized carbons (Fsp3) is 0.286. The number of pyridine rings is 2. The number of benzene rings is 1. The van der Waals surface area contributed by atoms with Crippen LogP contribution in [0.15, 0.2) is 77.9 Å². The van der Waals surface area contributed by atoms with Gasteiger partial charge in [0.25, 0.3) is 5.56 Å². The maximum atomic E-state index is 12.3. The molecule has 3 aromatic heterocycles. The molecule has 1 aromatic carbocycles. The summed E-state index contributed by atoms with van der Waals surface area (Å²) in [5, 5.41) is 4.47. The minimum atomic E-state index is -0.237. The topological polar surface area (TPSA) is 73.1 Å². The zero-order valence-electron chi connectivity index (χ0n) is 19.5. The number of hydrogen-bond acceptors (Lipinski definition) is 6. The third-order valence-electron chi connectivity index (χ3n) is 7.03. The second kappa shape index (κ2) is 9.43. The second-order valence-corrected chi connectivity index (χ2v) is 9.19. The molecule has 0 bridgehead atoms. The van der Waals surface area contributed by atoms with Crippen LogP contribution in [-0.4, -0.2) is 43.8 Å². The van der Waals surface area contributed by atoms with Crippen LogP contribution in [0.4, 0.5) is 0 Å². The van der Waals surface area contributed by atoms with Crippen molar-refractivity contribution in [3.05, 3.63) is 94.5 Å². The van der Waals surface area contributed by atoms with Crippen molar-refractivity contribution in [3.8, 4) is 28.7 Å². The van der Waals surface area contributed by atoms with E-state index in [-0.39, 0.29) is 5.56 Å². The molecule has 2 aliphatic rings. The van der Waals surface area contributed by atoms with Gasteiger partial charge < -0.3 is 4.74 Å². The maximum absolute atomic E-state index is 12.3. The quantitative estimate of drug-likeness (QED) is 0.434. The third kappa shape index (κ3) is 4.59. The summed E-state index contributed by atoms with van der Waals surface area (Å²) in [5.41, 5.74) is 3.99. The molecule has 7 nitrogen and oxygen atoms in total. The van der Waals surface area contributed by atoms with Crippen LogP contribution in [0.3, 0.4) is 0 Å². The van der Waals surface area contributed by atoms with Gasteiger partial charge in [0.1, 0.15) is 5.75 Å². The molecule has 0 N–H and O–H groups in total. The van der Waals surface area contributed by atoms with Crippen molar-refractivity contribution >= 4 is 0 Å². The van der Waals surface area contributed by atoms with Gasteiger partial charge in [0.15, 0.2) is 5.82 Å². The number of aromatic nitrogens is 4. The molecule has 176 valence electrons. The molecule has 7 heteroatoms. The van der Waals surface area contributed by atoms with Gasteiger partial charge in [-0.3, -0.25) is 9.69 Å². The zero-order valence-corrected chi connectivity index (χ0v) is 19.5. The molecule has 4 heterocycles. The van der Waals surface area contributed by atoms with Crippen molar-refractivity contribution in [2.24, 2.45) is 0 Å². The Morgan fingerprint density at radius 1 is 0.886 bits per heavy atom. The molecule has 1 fully saturated rings. The lowest BCUT2D eigenvalue weighted by molar-refractivity contribution is 0.133. The standard InChI is InChI=1S/C28H27N5O2/c34-28-12-10-25(31-33(28)26-6-1-2-15-29-26)22-8-11-27(30-19-22)35-24-9-7-20-13-16-32(23-4-3-5-23)17-14-21(20)18-24/h1-2,6-12,15,18-19,23H,3-5,13-14,16-17H2. The number of rotatable bonds is 5. The lowest BCUT2D eigenvalue weighted by Gasteiger charge is -2.36. The van der Waals surface area contributed by atoms with Gasteiger partial charge in [0.2, 0.25) is 5.88 Å². The highest BCUT2D eigenvalue weighted by atomic mass is 16.5. The Bertz CT molecular complexity index is 1380. The predicted octanol–water partition coefficient (Wildman–Crippen LogP) is 4.43. The third-order valence-corrected chi connectivity index (χ3v) is 7.03. The molecule has 1 saturated carbocycles. The molecule has 0 atom stereocenters. The first kappa shape index (κ1) is 21.7. The van der Waals surface area contributed by atoms with E-state index in [2.05, 4.69) is 32.1 Å². The van der Waals surface area contributed by atoms with Crippen molar-refractivity contribution in [1.29, 1.82) is 0 Å². The van der Waals surface area contributed by atoms with Crippen molar-refractivity contribution < 1.29 is 4.74 Å². The van der Waals surface area contributed by atoms with Crippen LogP contribution in [0.5, 0.6) is 11.6 Å². The maximum Gasteiger partial charge on any atom is 0.272 e. The van der Waals surface area contributed by atoms with Crippen LogP contribution in [0.25, 0.3) is 17.1 Å². The Balaban J connectivity index is 1.17. The van der Waals surface area contributed by atoms with Gasteiger partial charge in [-0.1, -0.05) is 18.6 Å². The van der Waals surface area contributed by atoms with E-state index in [9.17, 15) is 4.79 Å². The Morgan fingerprint density at radius 3 is 2.51 bits per heavy atom. The molecule has 0 amide bonds. The van der Waals surface area contributed by atoms with Crippen molar-refractivity contribution in [2.75, 3.05) is 13.1 Å². The average molecular weight is 466 g/mol. The molecule has 0 unspecified atom stereocenters. The highest BCUT2D eigenvalue weighted by Gasteiger charge is 2.26. The van der Waals surface area contributed by atoms with Crippen LogP contribution >= 0.6 is 0 Å². The molecule has 4 aromatic rings. The minimum absolute atomic E-state index is 0.237. The molecule has 0 saturated heterocycles. The lowest BCUT2D eigenvalue weighted by atomic mass is 9.91. The first-order valence-electron chi connectivity index (χ1n) is 12.2. The molecular weight excluding hydrogens is 438 g/mol. The molecule has 1 aliphatic heterocycles. The van der Waals surface area contributed by atoms with Gasteiger partial charge in [-0.25, -0.2) is 9.97 Å². The van der Waals surface area contributed by atoms with Gasteiger partial charge in [0.05, 0.1) is 5.69 Å². The van der Waals surface area contributed by atoms with E-state index < -0.39 is 0 Å². The summed E-state index contributed by atoms with van der Waals surface area (Å²) in [4.78, 5) is 23.6. The monoisotopic (exact) mass is 465 g/mol. The Hall–Kier alpha value is -3.84. The van der Waals surface area contributed by atoms with Gasteiger partial charge >= 0.3 is 0 Å². The summed E-state index contributed by atoms with van der Waals surface area (Å²) in [5.74, 6) is 1.81. The Morgan fingerprint density at radius 2 is 1.77 bits per heavy atom. The van der Waals surface area contributed by atoms with E-state index in [0.717, 1.165) is 43.3 Å². The van der Waals surface area contributed by atoms with E-state index in [4.69, 9.17) is 4.74 Å². The average Bonchev–Trinajstić information content (AvgIpc) is 3.07. The molecule has 6 rings (SSSR count). The number of ether oxygens (including phenoxy) is 1. The second-order valence-electron chi connectivity index (χ2n) is 9.19. The first-order chi connectivity index (χ1) is 17.2. The van der Waals surface area contributed by atoms with Crippen LogP contribution in [0, 0.1) is 0 Å². The zero-order chi connectivity index (χ0) is 23.6. The molecule has 1 aliphatic carbocycles. The number of fused-ring (bicyclic) bond motifs is 1. The minimum Gasteiger partial charge on any atom is -0.439 e. The SMILES string of the molecule is O=c1ccc(-c2ccc(Oc3ccc4c(c3)CCN(C3CCC3)CC4)nc2)nn1-c1ccccn1. The van der Waals surface area contributed by atoms with Crippen LogP contribution in [0.1, 0.15) is 30.4 Å². The van der Waals surface area contributed by atoms with Gasteiger partial charge in [-0.2, -0.15) is 9.78 Å². The van der Waals surface area contributed by atoms with E-state index in [1.807, 2.05) is 24.3 Å². The first-order valence-corrected chi connectivity index (χ1v) is 12.2. The summed E-state index contributed by atoms with van der Waals surface area (Å²) in [7, 11) is 0. The van der Waals surface area contributed by atoms with Gasteiger partial charge in [0, 0.05) is 49.2 Å². The molecule has 0 spiro atoms. The predicted molar refractivity (Wildman–Crippen MR) is 134 cm³/mol. The van der Waals surface area contributed by atoms with Crippen LogP contribution in [0.2, 0.25) is 0 Å². The van der Waals surface area contributed by atoms with Crippen molar-refractivity contribution in [3.63, 3.8) is 0 Å². The van der Waals surface area contributed by atoms with E-state index in [1.54, 1.807) is 30.6 Å². The fourth-order valence-electron chi connectivity index (χ4n) is 4.82. The normalized spacial score (nSPS) is 16.2. The number of nitrogens with zero attached hydrogens (tertiary/aromatic N) is 5. The van der Waals surface area contributed by atoms with Crippen LogP contribution < -0.4 is 10.3 Å². The van der Waals surface area contributed by atoms with E-state index >= 15 is 0 Å². The summed E-state index contributed by atoms with van der Waals surface area (Å²) in [6.07, 6.45) is 9.60. The van der Waals surface area contributed by atoms with Crippen LogP contribution in [-0.2, 0) is 12.8 Å². The summed E-state index contributed by atoms with van der Waals surface area (Å²) in [6, 6.07) is 19.5.